The van der Waals surface area contributed by atoms with Crippen molar-refractivity contribution in [3.05, 3.63) is 65.2 Å². The van der Waals surface area contributed by atoms with Crippen LogP contribution in [0.5, 0.6) is 0 Å². The van der Waals surface area contributed by atoms with Crippen LogP contribution in [0.4, 0.5) is 10.5 Å². The Morgan fingerprint density at radius 1 is 1.11 bits per heavy atom. The molecule has 1 heterocycles. The minimum atomic E-state index is -1.18. The summed E-state index contributed by atoms with van der Waals surface area (Å²) in [7, 11) is 0. The maximum Gasteiger partial charge on any atom is 0.325 e. The summed E-state index contributed by atoms with van der Waals surface area (Å²) in [5.41, 5.74) is 2.25. The highest BCUT2D eigenvalue weighted by Gasteiger charge is 2.49. The minimum Gasteiger partial charge on any atom is -0.324 e. The van der Waals surface area contributed by atoms with Crippen molar-refractivity contribution in [2.75, 3.05) is 11.9 Å². The second kappa shape index (κ2) is 7.46. The molecule has 2 N–H and O–H groups in total. The van der Waals surface area contributed by atoms with Crippen molar-refractivity contribution in [1.82, 2.24) is 10.2 Å². The summed E-state index contributed by atoms with van der Waals surface area (Å²) in [4.78, 5) is 38.9. The van der Waals surface area contributed by atoms with Crippen molar-refractivity contribution < 1.29 is 14.4 Å². The molecule has 3 rings (SSSR count). The number of para-hydroxylation sites is 1. The van der Waals surface area contributed by atoms with Crippen LogP contribution >= 0.6 is 0 Å². The van der Waals surface area contributed by atoms with Crippen LogP contribution in [0.1, 0.15) is 43.4 Å². The molecule has 0 radical (unpaired) electrons. The highest BCUT2D eigenvalue weighted by Crippen LogP contribution is 2.29. The van der Waals surface area contributed by atoms with E-state index in [1.807, 2.05) is 69.3 Å². The van der Waals surface area contributed by atoms with Crippen molar-refractivity contribution in [2.24, 2.45) is 0 Å². The van der Waals surface area contributed by atoms with E-state index in [1.54, 1.807) is 6.92 Å². The molecule has 1 fully saturated rings. The van der Waals surface area contributed by atoms with Crippen molar-refractivity contribution in [3.63, 3.8) is 0 Å². The lowest BCUT2D eigenvalue weighted by molar-refractivity contribution is -0.133. The maximum atomic E-state index is 12.9. The molecule has 4 amide bonds. The molecule has 28 heavy (non-hydrogen) atoms. The van der Waals surface area contributed by atoms with Crippen molar-refractivity contribution >= 4 is 23.5 Å². The number of hydrogen-bond donors (Lipinski definition) is 2. The summed E-state index contributed by atoms with van der Waals surface area (Å²) in [5, 5.41) is 5.54. The third-order valence-electron chi connectivity index (χ3n) is 5.06. The van der Waals surface area contributed by atoms with Crippen LogP contribution in [0.2, 0.25) is 0 Å². The van der Waals surface area contributed by atoms with E-state index in [9.17, 15) is 14.4 Å². The van der Waals surface area contributed by atoms with Gasteiger partial charge in [0.1, 0.15) is 12.1 Å². The van der Waals surface area contributed by atoms with E-state index in [0.29, 0.717) is 11.3 Å². The molecule has 0 aliphatic carbocycles. The zero-order chi connectivity index (χ0) is 20.5. The number of carbonyl (C=O) groups is 3. The lowest BCUT2D eigenvalue weighted by atomic mass is 9.91. The van der Waals surface area contributed by atoms with Crippen LogP contribution in [0.3, 0.4) is 0 Å². The molecular formula is C22H25N3O3. The third kappa shape index (κ3) is 3.63. The second-order valence-electron chi connectivity index (χ2n) is 7.60. The van der Waals surface area contributed by atoms with Gasteiger partial charge in [0.25, 0.3) is 5.91 Å². The molecule has 0 saturated carbocycles. The molecule has 1 unspecified atom stereocenters. The molecule has 2 aromatic carbocycles. The standard InChI is InChI=1S/C22H25N3O3/c1-14(2)17-7-5-6-8-18(17)23-19(26)13-25-20(27)22(4,24-21(25)28)16-11-9-15(3)10-12-16/h5-12,14H,13H2,1-4H3,(H,23,26)(H,24,28). The van der Waals surface area contributed by atoms with Gasteiger partial charge < -0.3 is 10.6 Å². The summed E-state index contributed by atoms with van der Waals surface area (Å²) in [5.74, 6) is -0.614. The molecule has 0 spiro atoms. The average Bonchev–Trinajstić information content (AvgIpc) is 2.86. The van der Waals surface area contributed by atoms with Crippen LogP contribution < -0.4 is 10.6 Å². The van der Waals surface area contributed by atoms with Gasteiger partial charge in [-0.05, 0) is 37.0 Å². The monoisotopic (exact) mass is 379 g/mol. The number of urea groups is 1. The number of rotatable bonds is 5. The molecule has 0 bridgehead atoms. The first-order chi connectivity index (χ1) is 13.2. The van der Waals surface area contributed by atoms with Crippen LogP contribution in [0.15, 0.2) is 48.5 Å². The van der Waals surface area contributed by atoms with Crippen molar-refractivity contribution in [1.29, 1.82) is 0 Å². The van der Waals surface area contributed by atoms with Crippen molar-refractivity contribution in [2.45, 2.75) is 39.2 Å². The quantitative estimate of drug-likeness (QED) is 0.780. The van der Waals surface area contributed by atoms with Gasteiger partial charge in [0.2, 0.25) is 5.91 Å². The molecule has 146 valence electrons. The minimum absolute atomic E-state index is 0.234. The van der Waals surface area contributed by atoms with E-state index in [-0.39, 0.29) is 12.5 Å². The summed E-state index contributed by atoms with van der Waals surface area (Å²) in [6, 6.07) is 14.3. The van der Waals surface area contributed by atoms with Gasteiger partial charge in [-0.15, -0.1) is 0 Å². The maximum absolute atomic E-state index is 12.9. The van der Waals surface area contributed by atoms with E-state index in [2.05, 4.69) is 10.6 Å². The predicted molar refractivity (Wildman–Crippen MR) is 108 cm³/mol. The van der Waals surface area contributed by atoms with Gasteiger partial charge in [0.15, 0.2) is 0 Å². The number of carbonyl (C=O) groups excluding carboxylic acids is 3. The number of aryl methyl sites for hydroxylation is 1. The number of anilines is 1. The van der Waals surface area contributed by atoms with Gasteiger partial charge in [-0.1, -0.05) is 61.9 Å². The Morgan fingerprint density at radius 3 is 2.39 bits per heavy atom. The van der Waals surface area contributed by atoms with Gasteiger partial charge in [0, 0.05) is 5.69 Å². The summed E-state index contributed by atoms with van der Waals surface area (Å²) < 4.78 is 0. The van der Waals surface area contributed by atoms with E-state index in [0.717, 1.165) is 16.0 Å². The van der Waals surface area contributed by atoms with Gasteiger partial charge in [-0.3, -0.25) is 14.5 Å². The van der Waals surface area contributed by atoms with E-state index in [4.69, 9.17) is 0 Å². The third-order valence-corrected chi connectivity index (χ3v) is 5.06. The van der Waals surface area contributed by atoms with Crippen LogP contribution in [0.25, 0.3) is 0 Å². The van der Waals surface area contributed by atoms with Gasteiger partial charge >= 0.3 is 6.03 Å². The smallest absolute Gasteiger partial charge is 0.324 e. The van der Waals surface area contributed by atoms with E-state index < -0.39 is 23.4 Å². The van der Waals surface area contributed by atoms with Gasteiger partial charge in [-0.25, -0.2) is 4.79 Å². The van der Waals surface area contributed by atoms with Crippen LogP contribution in [-0.4, -0.2) is 29.3 Å². The lowest BCUT2D eigenvalue weighted by Gasteiger charge is -2.22. The van der Waals surface area contributed by atoms with E-state index in [1.165, 1.54) is 0 Å². The molecule has 6 nitrogen and oxygen atoms in total. The molecule has 2 aromatic rings. The molecule has 1 aliphatic rings. The molecule has 1 saturated heterocycles. The highest BCUT2D eigenvalue weighted by molar-refractivity contribution is 6.10. The van der Waals surface area contributed by atoms with Crippen molar-refractivity contribution in [3.8, 4) is 0 Å². The second-order valence-corrected chi connectivity index (χ2v) is 7.60. The zero-order valence-electron chi connectivity index (χ0n) is 16.6. The number of amides is 4. The fourth-order valence-electron chi connectivity index (χ4n) is 3.37. The molecule has 1 atom stereocenters. The first kappa shape index (κ1) is 19.6. The highest BCUT2D eigenvalue weighted by atomic mass is 16.2. The summed E-state index contributed by atoms with van der Waals surface area (Å²) >= 11 is 0. The normalized spacial score (nSPS) is 19.1. The Bertz CT molecular complexity index is 921. The van der Waals surface area contributed by atoms with Crippen LogP contribution in [0, 0.1) is 6.92 Å². The molecule has 1 aliphatic heterocycles. The SMILES string of the molecule is Cc1ccc(C2(C)NC(=O)N(CC(=O)Nc3ccccc3C(C)C)C2=O)cc1. The Kier molecular flexibility index (Phi) is 5.23. The fourth-order valence-corrected chi connectivity index (χ4v) is 3.37. The predicted octanol–water partition coefficient (Wildman–Crippen LogP) is 3.52. The molecule has 0 aromatic heterocycles. The Morgan fingerprint density at radius 2 is 1.75 bits per heavy atom. The summed E-state index contributed by atoms with van der Waals surface area (Å²) in [6.45, 7) is 7.35. The first-order valence-electron chi connectivity index (χ1n) is 9.32. The average molecular weight is 379 g/mol. The Balaban J connectivity index is 1.76. The molecule has 6 heteroatoms. The van der Waals surface area contributed by atoms with Gasteiger partial charge in [0.05, 0.1) is 0 Å². The molecular weight excluding hydrogens is 354 g/mol. The number of nitrogens with zero attached hydrogens (tertiary/aromatic N) is 1. The Hall–Kier alpha value is -3.15. The topological polar surface area (TPSA) is 78.5 Å². The van der Waals surface area contributed by atoms with Gasteiger partial charge in [-0.2, -0.15) is 0 Å². The summed E-state index contributed by atoms with van der Waals surface area (Å²) in [6.07, 6.45) is 0. The van der Waals surface area contributed by atoms with Crippen LogP contribution in [-0.2, 0) is 15.1 Å². The number of nitrogens with one attached hydrogen (secondary N) is 2. The number of imide groups is 1. The zero-order valence-corrected chi connectivity index (χ0v) is 16.6. The van der Waals surface area contributed by atoms with E-state index >= 15 is 0 Å². The Labute approximate surface area is 164 Å². The fraction of sp³-hybridized carbons (Fsp3) is 0.318. The lowest BCUT2D eigenvalue weighted by Crippen LogP contribution is -2.42. The number of benzene rings is 2. The number of hydrogen-bond acceptors (Lipinski definition) is 3. The largest absolute Gasteiger partial charge is 0.325 e. The first-order valence-corrected chi connectivity index (χ1v) is 9.32.